The number of pyridine rings is 1. The third kappa shape index (κ3) is 3.45. The SMILES string of the molecule is CN1C(=O)c2ccncc2C(=CCCCCC(=O)O)c2ccccc21. The van der Waals surface area contributed by atoms with Crippen molar-refractivity contribution in [3.8, 4) is 0 Å². The van der Waals surface area contributed by atoms with Crippen LogP contribution in [0.1, 0.15) is 47.2 Å². The fraction of sp³-hybridized carbons (Fsp3) is 0.250. The highest BCUT2D eigenvalue weighted by Crippen LogP contribution is 2.37. The van der Waals surface area contributed by atoms with E-state index in [1.165, 1.54) is 0 Å². The van der Waals surface area contributed by atoms with Gasteiger partial charge in [-0.15, -0.1) is 0 Å². The molecule has 1 amide bonds. The molecule has 0 fully saturated rings. The molecule has 0 unspecified atom stereocenters. The summed E-state index contributed by atoms with van der Waals surface area (Å²) in [6.45, 7) is 0. The van der Waals surface area contributed by atoms with E-state index in [1.807, 2.05) is 24.3 Å². The van der Waals surface area contributed by atoms with Crippen LogP contribution in [0.5, 0.6) is 0 Å². The lowest BCUT2D eigenvalue weighted by atomic mass is 9.94. The number of aromatic nitrogens is 1. The summed E-state index contributed by atoms with van der Waals surface area (Å²) in [5.41, 5.74) is 4.28. The highest BCUT2D eigenvalue weighted by Gasteiger charge is 2.26. The van der Waals surface area contributed by atoms with E-state index in [0.717, 1.165) is 35.2 Å². The van der Waals surface area contributed by atoms with Gasteiger partial charge in [-0.3, -0.25) is 14.6 Å². The zero-order chi connectivity index (χ0) is 17.8. The number of para-hydroxylation sites is 1. The predicted octanol–water partition coefficient (Wildman–Crippen LogP) is 3.75. The van der Waals surface area contributed by atoms with Gasteiger partial charge in [0.25, 0.3) is 5.91 Å². The molecule has 2 aromatic rings. The number of carboxylic acid groups (broad SMARTS) is 1. The first kappa shape index (κ1) is 16.9. The van der Waals surface area contributed by atoms with Gasteiger partial charge in [0.15, 0.2) is 0 Å². The van der Waals surface area contributed by atoms with Gasteiger partial charge in [-0.25, -0.2) is 0 Å². The van der Waals surface area contributed by atoms with Gasteiger partial charge in [0, 0.05) is 37.0 Å². The van der Waals surface area contributed by atoms with Crippen LogP contribution in [0.3, 0.4) is 0 Å². The van der Waals surface area contributed by atoms with E-state index in [1.54, 1.807) is 30.4 Å². The van der Waals surface area contributed by atoms with Gasteiger partial charge in [-0.1, -0.05) is 24.3 Å². The standard InChI is InChI=1S/C20H20N2O3/c1-22-18-9-6-5-8-15(18)14(7-3-2-4-10-19(23)24)17-13-21-12-11-16(17)20(22)25/h5-9,11-13H,2-4,10H2,1H3,(H,23,24). The first-order valence-corrected chi connectivity index (χ1v) is 8.33. The van der Waals surface area contributed by atoms with Crippen LogP contribution in [-0.2, 0) is 4.79 Å². The second-order valence-electron chi connectivity index (χ2n) is 6.06. The molecule has 1 N–H and O–H groups in total. The maximum Gasteiger partial charge on any atom is 0.303 e. The number of carbonyl (C=O) groups is 2. The summed E-state index contributed by atoms with van der Waals surface area (Å²) in [4.78, 5) is 29.3. The predicted molar refractivity (Wildman–Crippen MR) is 96.6 cm³/mol. The molecular formula is C20H20N2O3. The summed E-state index contributed by atoms with van der Waals surface area (Å²) in [5, 5.41) is 8.75. The summed E-state index contributed by atoms with van der Waals surface area (Å²) in [6.07, 6.45) is 7.81. The Morgan fingerprint density at radius 2 is 1.96 bits per heavy atom. The number of fused-ring (bicyclic) bond motifs is 2. The molecule has 0 saturated heterocycles. The van der Waals surface area contributed by atoms with Crippen LogP contribution in [-0.4, -0.2) is 29.0 Å². The number of rotatable bonds is 5. The minimum Gasteiger partial charge on any atom is -0.481 e. The van der Waals surface area contributed by atoms with Crippen molar-refractivity contribution >= 4 is 23.1 Å². The Kier molecular flexibility index (Phi) is 4.93. The fourth-order valence-corrected chi connectivity index (χ4v) is 3.11. The van der Waals surface area contributed by atoms with E-state index >= 15 is 0 Å². The number of nitrogens with zero attached hydrogens (tertiary/aromatic N) is 2. The second-order valence-corrected chi connectivity index (χ2v) is 6.06. The van der Waals surface area contributed by atoms with E-state index in [-0.39, 0.29) is 12.3 Å². The van der Waals surface area contributed by atoms with Crippen molar-refractivity contribution in [2.45, 2.75) is 25.7 Å². The third-order valence-corrected chi connectivity index (χ3v) is 4.40. The van der Waals surface area contributed by atoms with Crippen LogP contribution >= 0.6 is 0 Å². The van der Waals surface area contributed by atoms with E-state index < -0.39 is 5.97 Å². The molecular weight excluding hydrogens is 316 g/mol. The lowest BCUT2D eigenvalue weighted by Gasteiger charge is -2.17. The van der Waals surface area contributed by atoms with Crippen LogP contribution in [0.4, 0.5) is 5.69 Å². The van der Waals surface area contributed by atoms with Crippen LogP contribution in [0, 0.1) is 0 Å². The zero-order valence-electron chi connectivity index (χ0n) is 14.1. The fourth-order valence-electron chi connectivity index (χ4n) is 3.11. The number of hydrogen-bond donors (Lipinski definition) is 1. The Labute approximate surface area is 146 Å². The smallest absolute Gasteiger partial charge is 0.303 e. The van der Waals surface area contributed by atoms with E-state index in [2.05, 4.69) is 11.1 Å². The van der Waals surface area contributed by atoms with Crippen molar-refractivity contribution in [1.82, 2.24) is 4.98 Å². The topological polar surface area (TPSA) is 70.5 Å². The Balaban J connectivity index is 2.01. The molecule has 2 heterocycles. The van der Waals surface area contributed by atoms with Crippen LogP contribution in [0.25, 0.3) is 5.57 Å². The van der Waals surface area contributed by atoms with Gasteiger partial charge in [-0.2, -0.15) is 0 Å². The molecule has 0 atom stereocenters. The molecule has 5 heteroatoms. The number of allylic oxidation sites excluding steroid dienone is 1. The van der Waals surface area contributed by atoms with Gasteiger partial charge in [0.05, 0.1) is 11.3 Å². The van der Waals surface area contributed by atoms with E-state index in [0.29, 0.717) is 12.0 Å². The molecule has 128 valence electrons. The summed E-state index contributed by atoms with van der Waals surface area (Å²) in [5.74, 6) is -0.826. The molecule has 1 aliphatic heterocycles. The molecule has 0 aliphatic carbocycles. The monoisotopic (exact) mass is 336 g/mol. The molecule has 0 saturated carbocycles. The number of anilines is 1. The minimum atomic E-state index is -0.769. The number of aliphatic carboxylic acids is 1. The summed E-state index contributed by atoms with van der Waals surface area (Å²) in [7, 11) is 1.78. The molecule has 0 spiro atoms. The first-order valence-electron chi connectivity index (χ1n) is 8.33. The van der Waals surface area contributed by atoms with Gasteiger partial charge < -0.3 is 10.0 Å². The number of carbonyl (C=O) groups excluding carboxylic acids is 1. The summed E-state index contributed by atoms with van der Waals surface area (Å²) in [6, 6.07) is 9.56. The molecule has 25 heavy (non-hydrogen) atoms. The van der Waals surface area contributed by atoms with Crippen LogP contribution < -0.4 is 4.90 Å². The summed E-state index contributed by atoms with van der Waals surface area (Å²) < 4.78 is 0. The Hall–Kier alpha value is -2.95. The Morgan fingerprint density at radius 1 is 1.16 bits per heavy atom. The van der Waals surface area contributed by atoms with Crippen molar-refractivity contribution in [3.63, 3.8) is 0 Å². The quantitative estimate of drug-likeness (QED) is 0.844. The average molecular weight is 336 g/mol. The zero-order valence-corrected chi connectivity index (χ0v) is 14.1. The molecule has 3 rings (SSSR count). The number of hydrogen-bond acceptors (Lipinski definition) is 3. The molecule has 5 nitrogen and oxygen atoms in total. The molecule has 1 aromatic heterocycles. The van der Waals surface area contributed by atoms with Crippen molar-refractivity contribution in [2.24, 2.45) is 0 Å². The first-order chi connectivity index (χ1) is 12.1. The Morgan fingerprint density at radius 3 is 2.76 bits per heavy atom. The number of carboxylic acids is 1. The van der Waals surface area contributed by atoms with E-state index in [4.69, 9.17) is 5.11 Å². The maximum atomic E-state index is 12.8. The largest absolute Gasteiger partial charge is 0.481 e. The number of amides is 1. The lowest BCUT2D eigenvalue weighted by Crippen LogP contribution is -2.26. The van der Waals surface area contributed by atoms with Crippen molar-refractivity contribution in [1.29, 1.82) is 0 Å². The normalized spacial score (nSPS) is 14.8. The maximum absolute atomic E-state index is 12.8. The molecule has 0 radical (unpaired) electrons. The van der Waals surface area contributed by atoms with E-state index in [9.17, 15) is 9.59 Å². The highest BCUT2D eigenvalue weighted by atomic mass is 16.4. The van der Waals surface area contributed by atoms with Crippen molar-refractivity contribution < 1.29 is 14.7 Å². The Bertz CT molecular complexity index is 842. The van der Waals surface area contributed by atoms with Crippen LogP contribution in [0.15, 0.2) is 48.8 Å². The molecule has 1 aromatic carbocycles. The van der Waals surface area contributed by atoms with Gasteiger partial charge in [0.1, 0.15) is 0 Å². The van der Waals surface area contributed by atoms with Crippen LogP contribution in [0.2, 0.25) is 0 Å². The molecule has 1 aliphatic rings. The van der Waals surface area contributed by atoms with Crippen molar-refractivity contribution in [3.05, 3.63) is 65.5 Å². The molecule has 0 bridgehead atoms. The summed E-state index contributed by atoms with van der Waals surface area (Å²) >= 11 is 0. The lowest BCUT2D eigenvalue weighted by molar-refractivity contribution is -0.137. The number of benzene rings is 1. The van der Waals surface area contributed by atoms with Crippen molar-refractivity contribution in [2.75, 3.05) is 11.9 Å². The van der Waals surface area contributed by atoms with Gasteiger partial charge in [-0.05, 0) is 37.0 Å². The third-order valence-electron chi connectivity index (χ3n) is 4.40. The van der Waals surface area contributed by atoms with Gasteiger partial charge >= 0.3 is 5.97 Å². The number of unbranched alkanes of at least 4 members (excludes halogenated alkanes) is 2. The van der Waals surface area contributed by atoms with Gasteiger partial charge in [0.2, 0.25) is 0 Å². The average Bonchev–Trinajstić information content (AvgIpc) is 2.71. The minimum absolute atomic E-state index is 0.0564. The highest BCUT2D eigenvalue weighted by molar-refractivity contribution is 6.13. The second kappa shape index (κ2) is 7.30.